The van der Waals surface area contributed by atoms with Crippen molar-refractivity contribution in [3.8, 4) is 0 Å². The minimum Gasteiger partial charge on any atom is -0.388 e. The second kappa shape index (κ2) is 5.33. The summed E-state index contributed by atoms with van der Waals surface area (Å²) in [6.45, 7) is 6.09. The summed E-state index contributed by atoms with van der Waals surface area (Å²) in [6, 6.07) is 8.24. The van der Waals surface area contributed by atoms with Crippen molar-refractivity contribution in [2.24, 2.45) is 5.92 Å². The zero-order valence-corrected chi connectivity index (χ0v) is 11.9. The van der Waals surface area contributed by atoms with Crippen molar-refractivity contribution in [3.05, 3.63) is 35.4 Å². The maximum atomic E-state index is 12.0. The Balaban J connectivity index is 1.89. The number of benzene rings is 1. The third-order valence-electron chi connectivity index (χ3n) is 4.12. The van der Waals surface area contributed by atoms with Gasteiger partial charge in [0.1, 0.15) is 0 Å². The summed E-state index contributed by atoms with van der Waals surface area (Å²) in [5.74, 6) is 0.503. The van der Waals surface area contributed by atoms with Crippen molar-refractivity contribution in [2.45, 2.75) is 45.1 Å². The SMILES string of the molecule is CCC(C)(O)CNC(=O)C1CC1c1ccccc1C. The molecule has 0 aliphatic heterocycles. The van der Waals surface area contributed by atoms with E-state index in [0.29, 0.717) is 18.9 Å². The summed E-state index contributed by atoms with van der Waals surface area (Å²) in [5.41, 5.74) is 1.73. The van der Waals surface area contributed by atoms with Crippen molar-refractivity contribution >= 4 is 5.91 Å². The standard InChI is InChI=1S/C16H23NO2/c1-4-16(3,19)10-17-15(18)14-9-13(14)12-8-6-5-7-11(12)2/h5-8,13-14,19H,4,9-10H2,1-3H3,(H,17,18). The smallest absolute Gasteiger partial charge is 0.223 e. The Kier molecular flexibility index (Phi) is 3.95. The topological polar surface area (TPSA) is 49.3 Å². The molecule has 1 aliphatic rings. The normalized spacial score (nSPS) is 24.6. The second-order valence-electron chi connectivity index (χ2n) is 5.87. The Labute approximate surface area is 115 Å². The number of hydrogen-bond acceptors (Lipinski definition) is 2. The van der Waals surface area contributed by atoms with Crippen LogP contribution in [0.25, 0.3) is 0 Å². The minimum absolute atomic E-state index is 0.0713. The maximum Gasteiger partial charge on any atom is 0.223 e. The molecule has 0 heterocycles. The Morgan fingerprint density at radius 2 is 2.16 bits per heavy atom. The van der Waals surface area contributed by atoms with Crippen LogP contribution in [0.15, 0.2) is 24.3 Å². The number of rotatable bonds is 5. The molecule has 0 aromatic heterocycles. The Bertz CT molecular complexity index is 468. The lowest BCUT2D eigenvalue weighted by Gasteiger charge is -2.21. The molecule has 104 valence electrons. The van der Waals surface area contributed by atoms with Crippen molar-refractivity contribution in [3.63, 3.8) is 0 Å². The van der Waals surface area contributed by atoms with Crippen LogP contribution in [-0.4, -0.2) is 23.2 Å². The van der Waals surface area contributed by atoms with Crippen LogP contribution in [0, 0.1) is 12.8 Å². The van der Waals surface area contributed by atoms with Crippen LogP contribution >= 0.6 is 0 Å². The van der Waals surface area contributed by atoms with Gasteiger partial charge in [-0.25, -0.2) is 0 Å². The highest BCUT2D eigenvalue weighted by Gasteiger charge is 2.44. The van der Waals surface area contributed by atoms with E-state index in [4.69, 9.17) is 0 Å². The lowest BCUT2D eigenvalue weighted by molar-refractivity contribution is -0.123. The molecule has 1 aromatic carbocycles. The van der Waals surface area contributed by atoms with Gasteiger partial charge in [-0.3, -0.25) is 4.79 Å². The van der Waals surface area contributed by atoms with Crippen LogP contribution in [0.4, 0.5) is 0 Å². The molecule has 0 spiro atoms. The molecule has 3 heteroatoms. The van der Waals surface area contributed by atoms with Gasteiger partial charge in [-0.1, -0.05) is 31.2 Å². The van der Waals surface area contributed by atoms with Crippen LogP contribution in [0.1, 0.15) is 43.7 Å². The van der Waals surface area contributed by atoms with Gasteiger partial charge in [0, 0.05) is 12.5 Å². The summed E-state index contributed by atoms with van der Waals surface area (Å²) in [6.07, 6.45) is 1.56. The molecule has 2 N–H and O–H groups in total. The molecular formula is C16H23NO2. The average molecular weight is 261 g/mol. The monoisotopic (exact) mass is 261 g/mol. The van der Waals surface area contributed by atoms with Gasteiger partial charge in [0.05, 0.1) is 5.60 Å². The van der Waals surface area contributed by atoms with E-state index in [1.54, 1.807) is 6.92 Å². The van der Waals surface area contributed by atoms with Crippen LogP contribution in [0.3, 0.4) is 0 Å². The molecule has 3 nitrogen and oxygen atoms in total. The summed E-state index contributed by atoms with van der Waals surface area (Å²) in [4.78, 5) is 12.0. The number of amides is 1. The van der Waals surface area contributed by atoms with E-state index in [-0.39, 0.29) is 11.8 Å². The predicted octanol–water partition coefficient (Wildman–Crippen LogP) is 2.38. The molecule has 0 bridgehead atoms. The molecule has 2 rings (SSSR count). The minimum atomic E-state index is -0.803. The van der Waals surface area contributed by atoms with Crippen molar-refractivity contribution in [1.29, 1.82) is 0 Å². The Morgan fingerprint density at radius 3 is 2.79 bits per heavy atom. The van der Waals surface area contributed by atoms with Crippen molar-refractivity contribution < 1.29 is 9.90 Å². The molecule has 3 unspecified atom stereocenters. The molecule has 19 heavy (non-hydrogen) atoms. The van der Waals surface area contributed by atoms with E-state index in [1.165, 1.54) is 11.1 Å². The molecule has 1 aromatic rings. The first-order chi connectivity index (χ1) is 8.94. The number of carbonyl (C=O) groups is 1. The van der Waals surface area contributed by atoms with Crippen LogP contribution < -0.4 is 5.32 Å². The maximum absolute atomic E-state index is 12.0. The third-order valence-corrected chi connectivity index (χ3v) is 4.12. The predicted molar refractivity (Wildman–Crippen MR) is 76.0 cm³/mol. The van der Waals surface area contributed by atoms with E-state index in [0.717, 1.165) is 6.42 Å². The molecule has 0 saturated heterocycles. The summed E-state index contributed by atoms with van der Waals surface area (Å²) in [7, 11) is 0. The van der Waals surface area contributed by atoms with Crippen molar-refractivity contribution in [2.75, 3.05) is 6.54 Å². The van der Waals surface area contributed by atoms with E-state index in [1.807, 2.05) is 19.1 Å². The zero-order valence-electron chi connectivity index (χ0n) is 11.9. The Morgan fingerprint density at radius 1 is 1.47 bits per heavy atom. The summed E-state index contributed by atoms with van der Waals surface area (Å²) >= 11 is 0. The molecular weight excluding hydrogens is 238 g/mol. The largest absolute Gasteiger partial charge is 0.388 e. The van der Waals surface area contributed by atoms with Crippen molar-refractivity contribution in [1.82, 2.24) is 5.32 Å². The number of aliphatic hydroxyl groups is 1. The molecule has 3 atom stereocenters. The van der Waals surface area contributed by atoms with Crippen LogP contribution in [0.2, 0.25) is 0 Å². The second-order valence-corrected chi connectivity index (χ2v) is 5.87. The van der Waals surface area contributed by atoms with Gasteiger partial charge in [-0.05, 0) is 43.7 Å². The third kappa shape index (κ3) is 3.35. The molecule has 1 fully saturated rings. The average Bonchev–Trinajstić information content (AvgIpc) is 3.17. The van der Waals surface area contributed by atoms with E-state index < -0.39 is 5.60 Å². The number of carbonyl (C=O) groups excluding carboxylic acids is 1. The van der Waals surface area contributed by atoms with Gasteiger partial charge in [0.25, 0.3) is 0 Å². The number of nitrogens with one attached hydrogen (secondary N) is 1. The lowest BCUT2D eigenvalue weighted by Crippen LogP contribution is -2.40. The van der Waals surface area contributed by atoms with E-state index in [9.17, 15) is 9.90 Å². The number of aryl methyl sites for hydroxylation is 1. The summed E-state index contributed by atoms with van der Waals surface area (Å²) in [5, 5.41) is 12.8. The quantitative estimate of drug-likeness (QED) is 0.855. The molecule has 1 aliphatic carbocycles. The van der Waals surface area contributed by atoms with E-state index in [2.05, 4.69) is 24.4 Å². The highest BCUT2D eigenvalue weighted by Crippen LogP contribution is 2.48. The van der Waals surface area contributed by atoms with Crippen LogP contribution in [-0.2, 0) is 4.79 Å². The highest BCUT2D eigenvalue weighted by atomic mass is 16.3. The molecule has 1 saturated carbocycles. The molecule has 1 amide bonds. The summed E-state index contributed by atoms with van der Waals surface area (Å²) < 4.78 is 0. The Hall–Kier alpha value is -1.35. The highest BCUT2D eigenvalue weighted by molar-refractivity contribution is 5.83. The molecule has 0 radical (unpaired) electrons. The van der Waals surface area contributed by atoms with Crippen LogP contribution in [0.5, 0.6) is 0 Å². The number of hydrogen-bond donors (Lipinski definition) is 2. The zero-order chi connectivity index (χ0) is 14.0. The van der Waals surface area contributed by atoms with E-state index >= 15 is 0 Å². The van der Waals surface area contributed by atoms with Gasteiger partial charge in [0.15, 0.2) is 0 Å². The van der Waals surface area contributed by atoms with Gasteiger partial charge in [-0.2, -0.15) is 0 Å². The van der Waals surface area contributed by atoms with Gasteiger partial charge in [-0.15, -0.1) is 0 Å². The van der Waals surface area contributed by atoms with Gasteiger partial charge in [0.2, 0.25) is 5.91 Å². The fourth-order valence-electron chi connectivity index (χ4n) is 2.36. The van der Waals surface area contributed by atoms with Gasteiger partial charge < -0.3 is 10.4 Å². The first kappa shape index (κ1) is 14.1. The fraction of sp³-hybridized carbons (Fsp3) is 0.562. The first-order valence-electron chi connectivity index (χ1n) is 7.00. The first-order valence-corrected chi connectivity index (χ1v) is 7.00. The van der Waals surface area contributed by atoms with Gasteiger partial charge >= 0.3 is 0 Å². The fourth-order valence-corrected chi connectivity index (χ4v) is 2.36. The lowest BCUT2D eigenvalue weighted by atomic mass is 10.0.